The second kappa shape index (κ2) is 42.1. The Hall–Kier alpha value is -4.86. The fraction of sp³-hybridized carbons (Fsp3) is 0.783. The molecule has 40 heteroatoms. The van der Waals surface area contributed by atoms with Gasteiger partial charge in [-0.05, 0) is 12.8 Å². The normalized spacial score (nSPS) is 17.9. The van der Waals surface area contributed by atoms with E-state index in [2.05, 4.69) is 0 Å². The molecule has 1 saturated carbocycles. The molecule has 0 amide bonds. The van der Waals surface area contributed by atoms with Gasteiger partial charge in [0.05, 0.1) is 0 Å². The lowest BCUT2D eigenvalue weighted by Crippen LogP contribution is -2.67. The summed E-state index contributed by atoms with van der Waals surface area (Å²) in [5.41, 5.74) is 0. The molecule has 1 fully saturated rings. The van der Waals surface area contributed by atoms with Crippen molar-refractivity contribution in [2.75, 3.05) is 54.3 Å². The van der Waals surface area contributed by atoms with Gasteiger partial charge >= 0.3 is 91.0 Å². The van der Waals surface area contributed by atoms with E-state index in [1.165, 1.54) is 69.2 Å². The summed E-state index contributed by atoms with van der Waals surface area (Å²) in [6.45, 7) is 2.50. The minimum absolute atomic E-state index is 0.0456. The van der Waals surface area contributed by atoms with E-state index in [-0.39, 0.29) is 64.2 Å². The van der Waals surface area contributed by atoms with Crippen LogP contribution in [0.1, 0.15) is 146 Å². The minimum atomic E-state index is -5.94. The summed E-state index contributed by atoms with van der Waals surface area (Å²) < 4.78 is 179. The Labute approximate surface area is 494 Å². The Morgan fingerprint density at radius 1 is 0.244 bits per heavy atom. The average Bonchev–Trinajstić information content (AvgIpc) is 0.799. The van der Waals surface area contributed by atoms with Crippen LogP contribution in [0.5, 0.6) is 0 Å². The van der Waals surface area contributed by atoms with E-state index < -0.39 is 195 Å². The summed E-state index contributed by atoms with van der Waals surface area (Å²) in [6, 6.07) is 0. The molecule has 0 saturated heterocycles. The van der Waals surface area contributed by atoms with Crippen molar-refractivity contribution in [1.29, 1.82) is 0 Å². The van der Waals surface area contributed by atoms with Gasteiger partial charge in [0.1, 0.15) is 24.4 Å². The van der Waals surface area contributed by atoms with Gasteiger partial charge in [0.2, 0.25) is 54.3 Å². The van der Waals surface area contributed by atoms with E-state index in [0.717, 1.165) is 0 Å². The summed E-state index contributed by atoms with van der Waals surface area (Å²) in [4.78, 5) is 127. The van der Waals surface area contributed by atoms with Gasteiger partial charge in [0, 0.05) is 64.2 Å². The maximum atomic E-state index is 15.3. The van der Waals surface area contributed by atoms with E-state index in [1.807, 2.05) is 0 Å². The first kappa shape index (κ1) is 79.2. The molecule has 0 bridgehead atoms. The van der Waals surface area contributed by atoms with Gasteiger partial charge in [-0.2, -0.15) is 0 Å². The van der Waals surface area contributed by atoms with E-state index >= 15 is 18.3 Å². The zero-order valence-electron chi connectivity index (χ0n) is 49.1. The van der Waals surface area contributed by atoms with Crippen molar-refractivity contribution in [3.63, 3.8) is 0 Å². The van der Waals surface area contributed by atoms with Crippen LogP contribution < -0.4 is 0 Å². The van der Waals surface area contributed by atoms with E-state index in [4.69, 9.17) is 102 Å². The maximum absolute atomic E-state index is 15.3. The third kappa shape index (κ3) is 30.9. The molecule has 0 aromatic rings. The van der Waals surface area contributed by atoms with Gasteiger partial charge in [-0.25, -0.2) is 54.5 Å². The smallest absolute Gasteiger partial charge is 0.455 e. The molecule has 0 N–H and O–H groups in total. The molecule has 86 heavy (non-hydrogen) atoms. The van der Waals surface area contributed by atoms with Crippen molar-refractivity contribution in [3.8, 4) is 0 Å². The monoisotopic (exact) mass is 1330 g/mol. The molecule has 496 valence electrons. The summed E-state index contributed by atoms with van der Waals surface area (Å²) in [6.07, 6.45) is -21.0. The summed E-state index contributed by atoms with van der Waals surface area (Å²) in [5.74, 6) is -10.8. The Balaban J connectivity index is 5.12. The highest BCUT2D eigenvalue weighted by Crippen LogP contribution is 2.62. The first-order valence-electron chi connectivity index (χ1n) is 26.6. The zero-order valence-corrected chi connectivity index (χ0v) is 52.7. The van der Waals surface area contributed by atoms with Gasteiger partial charge < -0.3 is 47.4 Å². The first-order chi connectivity index (χ1) is 40.7. The Kier molecular flexibility index (Phi) is 38.8. The molecule has 0 spiro atoms. The second-order valence-corrected chi connectivity index (χ2v) is 22.9. The number of phosphoric ester groups is 4. The van der Waals surface area contributed by atoms with E-state index in [9.17, 15) is 47.9 Å². The van der Waals surface area contributed by atoms with Gasteiger partial charge in [-0.15, -0.1) is 0 Å². The number of phosphoric acid groups is 4. The van der Waals surface area contributed by atoms with Crippen molar-refractivity contribution < 1.29 is 168 Å². The van der Waals surface area contributed by atoms with Crippen LogP contribution in [0, 0.1) is 0 Å². The van der Waals surface area contributed by atoms with Crippen LogP contribution in [-0.2, 0) is 168 Å². The van der Waals surface area contributed by atoms with Crippen LogP contribution in [0.2, 0.25) is 0 Å². The summed E-state index contributed by atoms with van der Waals surface area (Å²) in [7, 11) is -23.6. The standard InChI is InChI=1S/C46H76O36P4/c1-11-21-39(55)77-41-42(78-40(56)22-12-2)44(80-84(58,71-25-63-33(49)15-5)72-26-64-34(50)16-6)46(82-86(60,75-29-67-37(53)19-9)76-30-68-38(54)20-10)45(81-85(59,73-27-65-35(51)17-7)74-28-66-36(52)18-8)43(41)79-83(57,69-23-61-31(47)13-3)70-24-62-32(48)14-4/h41-46H,11-30H2,1-10H3/t41-,42+,43-,44-,45+,46+/m0/s1. The van der Waals surface area contributed by atoms with Crippen LogP contribution in [0.4, 0.5) is 0 Å². The number of ether oxygens (including phenoxy) is 10. The molecule has 6 atom stereocenters. The molecule has 0 aromatic heterocycles. The number of esters is 10. The fourth-order valence-corrected chi connectivity index (χ4v) is 10.1. The number of hydrogen-bond acceptors (Lipinski definition) is 36. The molecule has 0 aromatic carbocycles. The fourth-order valence-electron chi connectivity index (χ4n) is 5.76. The molecule has 0 radical (unpaired) electrons. The van der Waals surface area contributed by atoms with Gasteiger partial charge in [0.25, 0.3) is 0 Å². The lowest BCUT2D eigenvalue weighted by Gasteiger charge is -2.49. The highest BCUT2D eigenvalue weighted by molar-refractivity contribution is 7.49. The third-order valence-corrected chi connectivity index (χ3v) is 15.5. The topological polar surface area (TPSA) is 442 Å². The Morgan fingerprint density at radius 3 is 0.535 bits per heavy atom. The van der Waals surface area contributed by atoms with Crippen molar-refractivity contribution in [2.45, 2.75) is 183 Å². The number of carbonyl (C=O) groups excluding carboxylic acids is 10. The lowest BCUT2D eigenvalue weighted by atomic mass is 9.84. The largest absolute Gasteiger partial charge is 0.481 e. The molecule has 0 heterocycles. The summed E-state index contributed by atoms with van der Waals surface area (Å²) in [5, 5.41) is 0. The molecule has 0 aliphatic heterocycles. The first-order valence-corrected chi connectivity index (χ1v) is 32.5. The van der Waals surface area contributed by atoms with Crippen LogP contribution in [0.15, 0.2) is 0 Å². The highest BCUT2D eigenvalue weighted by Gasteiger charge is 2.64. The van der Waals surface area contributed by atoms with Crippen LogP contribution in [-0.4, -0.2) is 151 Å². The molecule has 1 aliphatic rings. The van der Waals surface area contributed by atoms with E-state index in [0.29, 0.717) is 0 Å². The molecular formula is C46H76O36P4. The van der Waals surface area contributed by atoms with Gasteiger partial charge in [-0.3, -0.25) is 66.0 Å². The number of carbonyl (C=O) groups is 10. The highest BCUT2D eigenvalue weighted by atomic mass is 31.2. The zero-order chi connectivity index (χ0) is 64.9. The van der Waals surface area contributed by atoms with Crippen LogP contribution in [0.3, 0.4) is 0 Å². The van der Waals surface area contributed by atoms with Crippen molar-refractivity contribution >= 4 is 91.0 Å². The van der Waals surface area contributed by atoms with Gasteiger partial charge in [0.15, 0.2) is 12.2 Å². The molecule has 0 unspecified atom stereocenters. The molecule has 1 rings (SSSR count). The molecule has 36 nitrogen and oxygen atoms in total. The second-order valence-electron chi connectivity index (χ2n) is 16.4. The summed E-state index contributed by atoms with van der Waals surface area (Å²) >= 11 is 0. The SMILES string of the molecule is CCCC(=O)O[C@@H]1[C@H](OC(=O)CCC)[C@H](OP(=O)(OCOC(=O)CC)OCOC(=O)CC)[C@@H](OP(=O)(OCOC(=O)CC)OCOC(=O)CC)[C@H](OP(=O)(OCOC(=O)CC)OCOC(=O)CC)[C@H]1OP(=O)(OCOC(=O)CC)OCOC(=O)CC. The van der Waals surface area contributed by atoms with Crippen molar-refractivity contribution in [3.05, 3.63) is 0 Å². The number of hydrogen-bond donors (Lipinski definition) is 0. The van der Waals surface area contributed by atoms with Gasteiger partial charge in [-0.1, -0.05) is 69.2 Å². The predicted molar refractivity (Wildman–Crippen MR) is 278 cm³/mol. The van der Waals surface area contributed by atoms with Crippen molar-refractivity contribution in [1.82, 2.24) is 0 Å². The Morgan fingerprint density at radius 2 is 0.395 bits per heavy atom. The van der Waals surface area contributed by atoms with Crippen molar-refractivity contribution in [2.24, 2.45) is 0 Å². The quantitative estimate of drug-likeness (QED) is 0.0261. The number of rotatable bonds is 46. The van der Waals surface area contributed by atoms with Crippen LogP contribution in [0.25, 0.3) is 0 Å². The Bertz CT molecular complexity index is 2120. The average molecular weight is 1330 g/mol. The third-order valence-electron chi connectivity index (χ3n) is 10.1. The maximum Gasteiger partial charge on any atom is 0.481 e. The van der Waals surface area contributed by atoms with E-state index in [1.54, 1.807) is 0 Å². The minimum Gasteiger partial charge on any atom is -0.455 e. The lowest BCUT2D eigenvalue weighted by molar-refractivity contribution is -0.237. The molecular weight excluding hydrogens is 1250 g/mol. The molecule has 1 aliphatic carbocycles. The predicted octanol–water partition coefficient (Wildman–Crippen LogP) is 6.82. The van der Waals surface area contributed by atoms with Crippen LogP contribution >= 0.6 is 31.3 Å².